The van der Waals surface area contributed by atoms with Crippen LogP contribution in [-0.4, -0.2) is 39.8 Å². The first kappa shape index (κ1) is 20.1. The van der Waals surface area contributed by atoms with E-state index in [2.05, 4.69) is 27.5 Å². The van der Waals surface area contributed by atoms with Gasteiger partial charge in [-0.15, -0.1) is 0 Å². The van der Waals surface area contributed by atoms with Crippen molar-refractivity contribution in [3.63, 3.8) is 0 Å². The highest BCUT2D eigenvalue weighted by Crippen LogP contribution is 2.43. The van der Waals surface area contributed by atoms with E-state index in [4.69, 9.17) is 4.74 Å². The average Bonchev–Trinajstić information content (AvgIpc) is 3.15. The van der Waals surface area contributed by atoms with E-state index in [1.54, 1.807) is 16.9 Å². The van der Waals surface area contributed by atoms with Crippen LogP contribution in [0.2, 0.25) is 0 Å². The summed E-state index contributed by atoms with van der Waals surface area (Å²) in [6.45, 7) is 4.27. The molecule has 0 radical (unpaired) electrons. The number of nitrogens with zero attached hydrogens (tertiary/aromatic N) is 3. The molecule has 0 bridgehead atoms. The molecule has 1 saturated carbocycles. The van der Waals surface area contributed by atoms with Crippen LogP contribution in [0.3, 0.4) is 0 Å². The largest absolute Gasteiger partial charge is 0.452 e. The van der Waals surface area contributed by atoms with Crippen LogP contribution in [0.1, 0.15) is 55.1 Å². The van der Waals surface area contributed by atoms with Gasteiger partial charge < -0.3 is 10.1 Å². The Hall–Kier alpha value is -3.22. The van der Waals surface area contributed by atoms with Crippen molar-refractivity contribution in [3.05, 3.63) is 59.9 Å². The van der Waals surface area contributed by atoms with Crippen LogP contribution < -0.4 is 5.32 Å². The normalized spacial score (nSPS) is 15.0. The molecule has 7 nitrogen and oxygen atoms in total. The second-order valence-corrected chi connectivity index (χ2v) is 8.17. The maximum Gasteiger partial charge on any atom is 0.340 e. The van der Waals surface area contributed by atoms with Gasteiger partial charge in [0.05, 0.1) is 11.8 Å². The van der Waals surface area contributed by atoms with Gasteiger partial charge in [-0.25, -0.2) is 14.5 Å². The Bertz CT molecular complexity index is 1050. The minimum Gasteiger partial charge on any atom is -0.452 e. The number of hydrogen-bond donors (Lipinski definition) is 1. The highest BCUT2D eigenvalue weighted by atomic mass is 16.5. The Morgan fingerprint density at radius 1 is 1.20 bits per heavy atom. The standard InChI is InChI=1S/C23H26N4O3/c1-16(2)27-21-17(13-26-27)11-18(12-24-21)22(29)30-14-20(28)25-15-23(9-6-10-23)19-7-4-3-5-8-19/h3-5,7-8,11-13,16H,6,9-10,14-15H2,1-2H3,(H,25,28). The van der Waals surface area contributed by atoms with Gasteiger partial charge in [-0.1, -0.05) is 36.8 Å². The second-order valence-electron chi connectivity index (χ2n) is 8.17. The molecule has 0 spiro atoms. The van der Waals surface area contributed by atoms with Gasteiger partial charge in [-0.3, -0.25) is 4.79 Å². The quantitative estimate of drug-likeness (QED) is 0.608. The summed E-state index contributed by atoms with van der Waals surface area (Å²) in [5.74, 6) is -0.870. The van der Waals surface area contributed by atoms with Gasteiger partial charge in [0.15, 0.2) is 12.3 Å². The molecule has 0 atom stereocenters. The Morgan fingerprint density at radius 3 is 2.63 bits per heavy atom. The molecule has 7 heteroatoms. The number of hydrogen-bond acceptors (Lipinski definition) is 5. The van der Waals surface area contributed by atoms with Gasteiger partial charge in [0.25, 0.3) is 5.91 Å². The lowest BCUT2D eigenvalue weighted by Gasteiger charge is -2.42. The molecule has 4 rings (SSSR count). The zero-order chi connectivity index (χ0) is 21.1. The van der Waals surface area contributed by atoms with Crippen LogP contribution in [0.15, 0.2) is 48.8 Å². The van der Waals surface area contributed by atoms with Gasteiger partial charge in [0.2, 0.25) is 0 Å². The molecule has 1 aliphatic carbocycles. The van der Waals surface area contributed by atoms with E-state index in [0.717, 1.165) is 24.6 Å². The molecular weight excluding hydrogens is 380 g/mol. The van der Waals surface area contributed by atoms with E-state index in [9.17, 15) is 9.59 Å². The molecule has 1 aromatic carbocycles. The van der Waals surface area contributed by atoms with Crippen molar-refractivity contribution >= 4 is 22.9 Å². The molecule has 1 amide bonds. The third-order valence-corrected chi connectivity index (χ3v) is 5.81. The van der Waals surface area contributed by atoms with Gasteiger partial charge in [0, 0.05) is 29.6 Å². The first-order valence-corrected chi connectivity index (χ1v) is 10.3. The molecule has 0 aliphatic heterocycles. The Labute approximate surface area is 175 Å². The molecule has 2 heterocycles. The molecule has 156 valence electrons. The number of nitrogens with one attached hydrogen (secondary N) is 1. The smallest absolute Gasteiger partial charge is 0.340 e. The number of carbonyl (C=O) groups excluding carboxylic acids is 2. The first-order valence-electron chi connectivity index (χ1n) is 10.3. The minimum atomic E-state index is -0.571. The highest BCUT2D eigenvalue weighted by Gasteiger charge is 2.38. The van der Waals surface area contributed by atoms with Gasteiger partial charge >= 0.3 is 5.97 Å². The number of fused-ring (bicyclic) bond motifs is 1. The van der Waals surface area contributed by atoms with Crippen LogP contribution in [0.5, 0.6) is 0 Å². The van der Waals surface area contributed by atoms with Crippen molar-refractivity contribution in [3.8, 4) is 0 Å². The number of benzene rings is 1. The third-order valence-electron chi connectivity index (χ3n) is 5.81. The van der Waals surface area contributed by atoms with E-state index in [0.29, 0.717) is 17.8 Å². The van der Waals surface area contributed by atoms with Crippen molar-refractivity contribution in [2.75, 3.05) is 13.2 Å². The fraction of sp³-hybridized carbons (Fsp3) is 0.391. The SMILES string of the molecule is CC(C)n1ncc2cc(C(=O)OCC(=O)NCC3(c4ccccc4)CCC3)cnc21. The summed E-state index contributed by atoms with van der Waals surface area (Å²) in [6, 6.07) is 12.1. The van der Waals surface area contributed by atoms with Crippen LogP contribution in [0, 0.1) is 0 Å². The van der Waals surface area contributed by atoms with Crippen LogP contribution >= 0.6 is 0 Å². The zero-order valence-electron chi connectivity index (χ0n) is 17.3. The van der Waals surface area contributed by atoms with Gasteiger partial charge in [-0.2, -0.15) is 5.10 Å². The Kier molecular flexibility index (Phi) is 5.53. The van der Waals surface area contributed by atoms with Crippen molar-refractivity contribution in [1.29, 1.82) is 0 Å². The van der Waals surface area contributed by atoms with Gasteiger partial charge in [0.1, 0.15) is 0 Å². The van der Waals surface area contributed by atoms with E-state index in [-0.39, 0.29) is 24.0 Å². The van der Waals surface area contributed by atoms with E-state index in [1.165, 1.54) is 11.8 Å². The number of aromatic nitrogens is 3. The monoisotopic (exact) mass is 406 g/mol. The van der Waals surface area contributed by atoms with Gasteiger partial charge in [-0.05, 0) is 38.3 Å². The van der Waals surface area contributed by atoms with Crippen molar-refractivity contribution in [1.82, 2.24) is 20.1 Å². The lowest BCUT2D eigenvalue weighted by molar-refractivity contribution is -0.124. The molecule has 3 aromatic rings. The summed E-state index contributed by atoms with van der Waals surface area (Å²) in [5.41, 5.74) is 2.26. The van der Waals surface area contributed by atoms with Crippen LogP contribution in [-0.2, 0) is 14.9 Å². The number of esters is 1. The molecule has 0 unspecified atom stereocenters. The molecule has 0 saturated heterocycles. The van der Waals surface area contributed by atoms with Crippen molar-refractivity contribution in [2.45, 2.75) is 44.6 Å². The number of carbonyl (C=O) groups is 2. The molecule has 1 aliphatic rings. The maximum atomic E-state index is 12.4. The summed E-state index contributed by atoms with van der Waals surface area (Å²) in [7, 11) is 0. The van der Waals surface area contributed by atoms with Crippen LogP contribution in [0.25, 0.3) is 11.0 Å². The van der Waals surface area contributed by atoms with Crippen LogP contribution in [0.4, 0.5) is 0 Å². The minimum absolute atomic E-state index is 0.00748. The molecule has 30 heavy (non-hydrogen) atoms. The topological polar surface area (TPSA) is 86.1 Å². The summed E-state index contributed by atoms with van der Waals surface area (Å²) in [4.78, 5) is 29.0. The molecule has 1 fully saturated rings. The summed E-state index contributed by atoms with van der Waals surface area (Å²) < 4.78 is 6.99. The summed E-state index contributed by atoms with van der Waals surface area (Å²) in [6.07, 6.45) is 6.39. The van der Waals surface area contributed by atoms with Crippen molar-refractivity contribution < 1.29 is 14.3 Å². The second kappa shape index (κ2) is 8.26. The third kappa shape index (κ3) is 3.92. The first-order chi connectivity index (χ1) is 14.5. The number of ether oxygens (including phenoxy) is 1. The summed E-state index contributed by atoms with van der Waals surface area (Å²) in [5, 5.41) is 7.99. The molecular formula is C23H26N4O3. The lowest BCUT2D eigenvalue weighted by Crippen LogP contribution is -2.46. The predicted molar refractivity (Wildman–Crippen MR) is 113 cm³/mol. The van der Waals surface area contributed by atoms with E-state index < -0.39 is 5.97 Å². The maximum absolute atomic E-state index is 12.4. The average molecular weight is 406 g/mol. The highest BCUT2D eigenvalue weighted by molar-refractivity contribution is 5.94. The van der Waals surface area contributed by atoms with E-state index in [1.807, 2.05) is 32.0 Å². The van der Waals surface area contributed by atoms with Crippen molar-refractivity contribution in [2.24, 2.45) is 0 Å². The fourth-order valence-corrected chi connectivity index (χ4v) is 3.93. The fourth-order valence-electron chi connectivity index (χ4n) is 3.93. The number of rotatable bonds is 7. The Morgan fingerprint density at radius 2 is 1.97 bits per heavy atom. The lowest BCUT2D eigenvalue weighted by atomic mass is 9.64. The Balaban J connectivity index is 1.33. The number of pyridine rings is 1. The van der Waals surface area contributed by atoms with E-state index >= 15 is 0 Å². The summed E-state index contributed by atoms with van der Waals surface area (Å²) >= 11 is 0. The zero-order valence-corrected chi connectivity index (χ0v) is 17.3. The number of amides is 1. The molecule has 1 N–H and O–H groups in total. The predicted octanol–water partition coefficient (Wildman–Crippen LogP) is 3.41. The molecule has 2 aromatic heterocycles.